The topological polar surface area (TPSA) is 47.3 Å². The molecule has 1 aromatic carbocycles. The van der Waals surface area contributed by atoms with Gasteiger partial charge in [0.25, 0.3) is 0 Å². The normalized spacial score (nSPS) is 10.5. The van der Waals surface area contributed by atoms with Crippen molar-refractivity contribution in [1.82, 2.24) is 9.78 Å². The van der Waals surface area contributed by atoms with E-state index in [2.05, 4.69) is 5.10 Å². The maximum Gasteiger partial charge on any atom is 0.219 e. The fraction of sp³-hybridized carbons (Fsp3) is 0.250. The van der Waals surface area contributed by atoms with E-state index in [9.17, 15) is 4.39 Å². The van der Waals surface area contributed by atoms with E-state index in [1.54, 1.807) is 24.4 Å². The van der Waals surface area contributed by atoms with Crippen molar-refractivity contribution in [3.05, 3.63) is 41.8 Å². The second-order valence-corrected chi connectivity index (χ2v) is 3.52. The number of aromatic nitrogens is 2. The third kappa shape index (κ3) is 2.14. The highest BCUT2D eigenvalue weighted by atomic mass is 19.1. The maximum absolute atomic E-state index is 13.6. The molecule has 2 rings (SSSR count). The van der Waals surface area contributed by atoms with Crippen LogP contribution >= 0.6 is 0 Å². The molecular formula is C12H13FN2O2. The summed E-state index contributed by atoms with van der Waals surface area (Å²) in [5, 5.41) is 13.0. The van der Waals surface area contributed by atoms with Gasteiger partial charge in [-0.15, -0.1) is 0 Å². The van der Waals surface area contributed by atoms with E-state index in [1.807, 2.05) is 0 Å². The second kappa shape index (κ2) is 4.97. The van der Waals surface area contributed by atoms with Gasteiger partial charge >= 0.3 is 0 Å². The number of aliphatic hydroxyl groups is 1. The van der Waals surface area contributed by atoms with Crippen LogP contribution in [0.15, 0.2) is 30.5 Å². The highest BCUT2D eigenvalue weighted by Crippen LogP contribution is 2.24. The maximum atomic E-state index is 13.6. The number of hydrogen-bond acceptors (Lipinski definition) is 3. The Labute approximate surface area is 98.3 Å². The molecule has 5 heteroatoms. The van der Waals surface area contributed by atoms with Crippen LogP contribution in [-0.4, -0.2) is 28.6 Å². The molecule has 17 heavy (non-hydrogen) atoms. The largest absolute Gasteiger partial charge is 0.481 e. The van der Waals surface area contributed by atoms with Crippen molar-refractivity contribution in [2.45, 2.75) is 6.42 Å². The van der Waals surface area contributed by atoms with Gasteiger partial charge < -0.3 is 9.84 Å². The summed E-state index contributed by atoms with van der Waals surface area (Å²) in [4.78, 5) is 0. The minimum absolute atomic E-state index is 0.000669. The van der Waals surface area contributed by atoms with E-state index in [0.29, 0.717) is 18.0 Å². The van der Waals surface area contributed by atoms with Crippen molar-refractivity contribution in [3.63, 3.8) is 0 Å². The van der Waals surface area contributed by atoms with Gasteiger partial charge in [-0.3, -0.25) is 0 Å². The van der Waals surface area contributed by atoms with Gasteiger partial charge in [-0.25, -0.2) is 4.39 Å². The summed E-state index contributed by atoms with van der Waals surface area (Å²) in [5.74, 6) is 0.0774. The average Bonchev–Trinajstić information content (AvgIpc) is 2.73. The van der Waals surface area contributed by atoms with Crippen LogP contribution in [0, 0.1) is 5.82 Å². The van der Waals surface area contributed by atoms with Crippen molar-refractivity contribution < 1.29 is 14.2 Å². The van der Waals surface area contributed by atoms with Crippen molar-refractivity contribution in [3.8, 4) is 11.6 Å². The average molecular weight is 236 g/mol. The minimum Gasteiger partial charge on any atom is -0.481 e. The standard InChI is InChI=1S/C12H13FN2O2/c1-17-12-9(6-7-16)8-14-15(12)11-5-3-2-4-10(11)13/h2-5,8,16H,6-7H2,1H3. The summed E-state index contributed by atoms with van der Waals surface area (Å²) < 4.78 is 20.2. The molecule has 2 aromatic rings. The Kier molecular flexibility index (Phi) is 3.39. The zero-order valence-corrected chi connectivity index (χ0v) is 9.43. The number of para-hydroxylation sites is 1. The van der Waals surface area contributed by atoms with E-state index in [1.165, 1.54) is 17.9 Å². The summed E-state index contributed by atoms with van der Waals surface area (Å²) in [6.45, 7) is -0.000669. The Balaban J connectivity index is 2.49. The van der Waals surface area contributed by atoms with Crippen LogP contribution in [0.1, 0.15) is 5.56 Å². The molecule has 0 spiro atoms. The summed E-state index contributed by atoms with van der Waals surface area (Å²) in [6.07, 6.45) is 2.00. The molecule has 0 saturated carbocycles. The van der Waals surface area contributed by atoms with E-state index in [0.717, 1.165) is 5.56 Å². The molecule has 0 aliphatic rings. The Bertz CT molecular complexity index is 511. The van der Waals surface area contributed by atoms with Crippen molar-refractivity contribution in [2.75, 3.05) is 13.7 Å². The SMILES string of the molecule is COc1c(CCO)cnn1-c1ccccc1F. The quantitative estimate of drug-likeness (QED) is 0.876. The molecule has 0 saturated heterocycles. The van der Waals surface area contributed by atoms with Crippen LogP contribution in [0.25, 0.3) is 5.69 Å². The summed E-state index contributed by atoms with van der Waals surface area (Å²) in [7, 11) is 1.50. The monoisotopic (exact) mass is 236 g/mol. The lowest BCUT2D eigenvalue weighted by Gasteiger charge is -2.08. The fourth-order valence-corrected chi connectivity index (χ4v) is 1.68. The van der Waals surface area contributed by atoms with Crippen LogP contribution in [-0.2, 0) is 6.42 Å². The van der Waals surface area contributed by atoms with Crippen LogP contribution in [0.4, 0.5) is 4.39 Å². The molecule has 4 nitrogen and oxygen atoms in total. The van der Waals surface area contributed by atoms with E-state index >= 15 is 0 Å². The zero-order chi connectivity index (χ0) is 12.3. The van der Waals surface area contributed by atoms with Crippen LogP contribution in [0.3, 0.4) is 0 Å². The molecule has 1 aromatic heterocycles. The number of rotatable bonds is 4. The molecule has 0 aliphatic carbocycles. The Hall–Kier alpha value is -1.88. The number of methoxy groups -OCH3 is 1. The number of aliphatic hydroxyl groups excluding tert-OH is 1. The lowest BCUT2D eigenvalue weighted by molar-refractivity contribution is 0.296. The first kappa shape index (κ1) is 11.6. The van der Waals surface area contributed by atoms with E-state index < -0.39 is 0 Å². The van der Waals surface area contributed by atoms with Gasteiger partial charge in [-0.2, -0.15) is 9.78 Å². The number of nitrogens with zero attached hydrogens (tertiary/aromatic N) is 2. The van der Waals surface area contributed by atoms with E-state index in [-0.39, 0.29) is 12.4 Å². The Morgan fingerprint density at radius 1 is 1.41 bits per heavy atom. The van der Waals surface area contributed by atoms with Crippen LogP contribution in [0.5, 0.6) is 5.88 Å². The minimum atomic E-state index is -0.371. The Morgan fingerprint density at radius 3 is 2.82 bits per heavy atom. The molecule has 90 valence electrons. The van der Waals surface area contributed by atoms with Crippen molar-refractivity contribution >= 4 is 0 Å². The molecule has 0 atom stereocenters. The molecule has 0 amide bonds. The number of halogens is 1. The molecule has 1 heterocycles. The molecule has 0 bridgehead atoms. The smallest absolute Gasteiger partial charge is 0.219 e. The van der Waals surface area contributed by atoms with Crippen LogP contribution in [0.2, 0.25) is 0 Å². The number of ether oxygens (including phenoxy) is 1. The molecule has 0 radical (unpaired) electrons. The summed E-state index contributed by atoms with van der Waals surface area (Å²) in [5.41, 5.74) is 1.08. The van der Waals surface area contributed by atoms with Crippen LogP contribution < -0.4 is 4.74 Å². The van der Waals surface area contributed by atoms with Gasteiger partial charge in [0.1, 0.15) is 11.5 Å². The molecule has 0 fully saturated rings. The third-order valence-electron chi connectivity index (χ3n) is 2.45. The first-order chi connectivity index (χ1) is 8.27. The molecular weight excluding hydrogens is 223 g/mol. The van der Waals surface area contributed by atoms with E-state index in [4.69, 9.17) is 9.84 Å². The number of hydrogen-bond donors (Lipinski definition) is 1. The lowest BCUT2D eigenvalue weighted by Crippen LogP contribution is -2.03. The zero-order valence-electron chi connectivity index (χ0n) is 9.43. The number of benzene rings is 1. The Morgan fingerprint density at radius 2 is 2.18 bits per heavy atom. The van der Waals surface area contributed by atoms with Gasteiger partial charge in [0.05, 0.1) is 13.3 Å². The summed E-state index contributed by atoms with van der Waals surface area (Å²) in [6, 6.07) is 6.32. The first-order valence-corrected chi connectivity index (χ1v) is 5.24. The van der Waals surface area contributed by atoms with Gasteiger partial charge in [-0.05, 0) is 12.1 Å². The highest BCUT2D eigenvalue weighted by molar-refractivity contribution is 5.39. The second-order valence-electron chi connectivity index (χ2n) is 3.52. The molecule has 0 aliphatic heterocycles. The highest BCUT2D eigenvalue weighted by Gasteiger charge is 2.14. The van der Waals surface area contributed by atoms with Gasteiger partial charge in [0, 0.05) is 18.6 Å². The predicted molar refractivity (Wildman–Crippen MR) is 60.9 cm³/mol. The van der Waals surface area contributed by atoms with Gasteiger partial charge in [-0.1, -0.05) is 12.1 Å². The predicted octanol–water partition coefficient (Wildman–Crippen LogP) is 1.55. The molecule has 0 unspecified atom stereocenters. The lowest BCUT2D eigenvalue weighted by atomic mass is 10.2. The van der Waals surface area contributed by atoms with Gasteiger partial charge in [0.15, 0.2) is 0 Å². The van der Waals surface area contributed by atoms with Crippen molar-refractivity contribution in [2.24, 2.45) is 0 Å². The fourth-order valence-electron chi connectivity index (χ4n) is 1.68. The van der Waals surface area contributed by atoms with Crippen molar-refractivity contribution in [1.29, 1.82) is 0 Å². The third-order valence-corrected chi connectivity index (χ3v) is 2.45. The molecule has 1 N–H and O–H groups in total. The summed E-state index contributed by atoms with van der Waals surface area (Å²) >= 11 is 0. The first-order valence-electron chi connectivity index (χ1n) is 5.24. The van der Waals surface area contributed by atoms with Gasteiger partial charge in [0.2, 0.25) is 5.88 Å².